The number of nitrogens with zero attached hydrogens (tertiary/aromatic N) is 5. The number of aryl methyl sites for hydroxylation is 1. The number of amides is 1. The highest BCUT2D eigenvalue weighted by molar-refractivity contribution is 6.33. The van der Waals surface area contributed by atoms with Crippen LogP contribution in [0.1, 0.15) is 16.1 Å². The molecular formula is C21H20ClN5O3. The molecule has 3 aromatic rings. The number of benzene rings is 2. The van der Waals surface area contributed by atoms with E-state index in [-0.39, 0.29) is 11.6 Å². The van der Waals surface area contributed by atoms with Crippen LogP contribution in [0, 0.1) is 17.0 Å². The fourth-order valence-corrected chi connectivity index (χ4v) is 3.95. The molecule has 0 unspecified atom stereocenters. The van der Waals surface area contributed by atoms with Crippen molar-refractivity contribution >= 4 is 28.9 Å². The van der Waals surface area contributed by atoms with Crippen LogP contribution in [-0.2, 0) is 0 Å². The predicted molar refractivity (Wildman–Crippen MR) is 115 cm³/mol. The predicted octanol–water partition coefficient (Wildman–Crippen LogP) is 3.70. The molecule has 1 aliphatic rings. The maximum Gasteiger partial charge on any atom is 0.269 e. The van der Waals surface area contributed by atoms with E-state index in [1.54, 1.807) is 28.6 Å². The quantitative estimate of drug-likeness (QED) is 0.470. The maximum atomic E-state index is 13.1. The molecule has 8 nitrogen and oxygen atoms in total. The van der Waals surface area contributed by atoms with Crippen LogP contribution in [0.4, 0.5) is 11.4 Å². The van der Waals surface area contributed by atoms with E-state index in [2.05, 4.69) is 10.00 Å². The van der Waals surface area contributed by atoms with E-state index in [0.29, 0.717) is 42.6 Å². The first-order valence-electron chi connectivity index (χ1n) is 9.55. The molecule has 30 heavy (non-hydrogen) atoms. The lowest BCUT2D eigenvalue weighted by molar-refractivity contribution is -0.384. The molecular weight excluding hydrogens is 406 g/mol. The largest absolute Gasteiger partial charge is 0.368 e. The van der Waals surface area contributed by atoms with Crippen molar-refractivity contribution in [1.29, 1.82) is 0 Å². The van der Waals surface area contributed by atoms with Gasteiger partial charge in [0.25, 0.3) is 11.6 Å². The summed E-state index contributed by atoms with van der Waals surface area (Å²) in [6, 6.07) is 15.9. The number of carbonyl (C=O) groups excluding carboxylic acids is 1. The Balaban J connectivity index is 1.47. The van der Waals surface area contributed by atoms with Gasteiger partial charge in [0, 0.05) is 44.0 Å². The van der Waals surface area contributed by atoms with Gasteiger partial charge in [-0.15, -0.1) is 0 Å². The molecule has 4 rings (SSSR count). The lowest BCUT2D eigenvalue weighted by Crippen LogP contribution is -2.49. The summed E-state index contributed by atoms with van der Waals surface area (Å²) in [5, 5.41) is 15.6. The van der Waals surface area contributed by atoms with Crippen LogP contribution < -0.4 is 4.90 Å². The third-order valence-electron chi connectivity index (χ3n) is 5.21. The Morgan fingerprint density at radius 3 is 2.23 bits per heavy atom. The van der Waals surface area contributed by atoms with Crippen molar-refractivity contribution in [2.75, 3.05) is 31.1 Å². The molecule has 0 aliphatic carbocycles. The van der Waals surface area contributed by atoms with E-state index < -0.39 is 4.92 Å². The van der Waals surface area contributed by atoms with Crippen LogP contribution >= 0.6 is 11.6 Å². The highest BCUT2D eigenvalue weighted by atomic mass is 35.5. The third-order valence-corrected chi connectivity index (χ3v) is 5.56. The molecule has 2 heterocycles. The molecule has 9 heteroatoms. The molecule has 0 atom stereocenters. The van der Waals surface area contributed by atoms with Crippen molar-refractivity contribution in [3.05, 3.63) is 81.1 Å². The Morgan fingerprint density at radius 2 is 1.63 bits per heavy atom. The number of hydrogen-bond acceptors (Lipinski definition) is 5. The average molecular weight is 426 g/mol. The second-order valence-electron chi connectivity index (χ2n) is 7.05. The van der Waals surface area contributed by atoms with Gasteiger partial charge < -0.3 is 9.80 Å². The number of non-ortho nitro benzene ring substituents is 1. The molecule has 1 fully saturated rings. The van der Waals surface area contributed by atoms with Crippen molar-refractivity contribution in [3.8, 4) is 5.69 Å². The minimum atomic E-state index is -0.415. The van der Waals surface area contributed by atoms with Crippen molar-refractivity contribution in [2.45, 2.75) is 6.92 Å². The van der Waals surface area contributed by atoms with Gasteiger partial charge in [-0.2, -0.15) is 5.10 Å². The van der Waals surface area contributed by atoms with Gasteiger partial charge in [-0.05, 0) is 31.2 Å². The van der Waals surface area contributed by atoms with Gasteiger partial charge in [-0.1, -0.05) is 29.8 Å². The Morgan fingerprint density at radius 1 is 1.00 bits per heavy atom. The fourth-order valence-electron chi connectivity index (χ4n) is 3.59. The zero-order chi connectivity index (χ0) is 21.3. The molecule has 0 radical (unpaired) electrons. The second-order valence-corrected chi connectivity index (χ2v) is 7.41. The number of nitro benzene ring substituents is 1. The number of carbonyl (C=O) groups is 1. The van der Waals surface area contributed by atoms with Gasteiger partial charge in [0.2, 0.25) is 0 Å². The Hall–Kier alpha value is -3.39. The topological polar surface area (TPSA) is 84.5 Å². The van der Waals surface area contributed by atoms with Crippen LogP contribution in [0.25, 0.3) is 5.69 Å². The second kappa shape index (κ2) is 8.16. The zero-order valence-electron chi connectivity index (χ0n) is 16.4. The molecule has 1 amide bonds. The summed E-state index contributed by atoms with van der Waals surface area (Å²) in [6.07, 6.45) is 0. The molecule has 0 bridgehead atoms. The van der Waals surface area contributed by atoms with Crippen molar-refractivity contribution < 1.29 is 9.72 Å². The third kappa shape index (κ3) is 3.73. The number of rotatable bonds is 4. The molecule has 1 aromatic heterocycles. The SMILES string of the molecule is Cc1nn(-c2ccccc2)c(Cl)c1C(=O)N1CCN(c2ccc([N+](=O)[O-])cc2)CC1. The van der Waals surface area contributed by atoms with Crippen LogP contribution in [0.2, 0.25) is 5.15 Å². The maximum absolute atomic E-state index is 13.1. The number of halogens is 1. The van der Waals surface area contributed by atoms with Gasteiger partial charge >= 0.3 is 0 Å². The number of anilines is 1. The molecule has 1 saturated heterocycles. The molecule has 0 saturated carbocycles. The average Bonchev–Trinajstić information content (AvgIpc) is 3.08. The van der Waals surface area contributed by atoms with Crippen molar-refractivity contribution in [2.24, 2.45) is 0 Å². The molecule has 0 spiro atoms. The fraction of sp³-hybridized carbons (Fsp3) is 0.238. The van der Waals surface area contributed by atoms with Gasteiger partial charge in [0.05, 0.1) is 21.9 Å². The summed E-state index contributed by atoms with van der Waals surface area (Å²) in [6.45, 7) is 4.11. The van der Waals surface area contributed by atoms with E-state index in [1.807, 2.05) is 30.3 Å². The smallest absolute Gasteiger partial charge is 0.269 e. The number of para-hydroxylation sites is 1. The normalized spacial score (nSPS) is 14.1. The zero-order valence-corrected chi connectivity index (χ0v) is 17.1. The summed E-state index contributed by atoms with van der Waals surface area (Å²) in [4.78, 5) is 27.4. The summed E-state index contributed by atoms with van der Waals surface area (Å²) in [5.74, 6) is -0.136. The van der Waals surface area contributed by atoms with E-state index in [9.17, 15) is 14.9 Å². The van der Waals surface area contributed by atoms with E-state index in [0.717, 1.165) is 11.4 Å². The minimum absolute atomic E-state index is 0.0631. The van der Waals surface area contributed by atoms with Gasteiger partial charge in [0.1, 0.15) is 5.15 Å². The number of aromatic nitrogens is 2. The summed E-state index contributed by atoms with van der Waals surface area (Å²) >= 11 is 6.53. The van der Waals surface area contributed by atoms with Crippen LogP contribution in [0.5, 0.6) is 0 Å². The van der Waals surface area contributed by atoms with Crippen molar-refractivity contribution in [1.82, 2.24) is 14.7 Å². The number of hydrogen-bond donors (Lipinski definition) is 0. The Kier molecular flexibility index (Phi) is 5.41. The van der Waals surface area contributed by atoms with E-state index in [1.165, 1.54) is 12.1 Å². The van der Waals surface area contributed by atoms with Gasteiger partial charge in [-0.25, -0.2) is 4.68 Å². The van der Waals surface area contributed by atoms with Crippen LogP contribution in [0.3, 0.4) is 0 Å². The van der Waals surface area contributed by atoms with Crippen LogP contribution in [0.15, 0.2) is 54.6 Å². The summed E-state index contributed by atoms with van der Waals surface area (Å²) < 4.78 is 1.58. The molecule has 2 aromatic carbocycles. The molecule has 0 N–H and O–H groups in total. The first-order valence-corrected chi connectivity index (χ1v) is 9.92. The highest BCUT2D eigenvalue weighted by Gasteiger charge is 2.28. The van der Waals surface area contributed by atoms with Gasteiger partial charge in [0.15, 0.2) is 0 Å². The summed E-state index contributed by atoms with van der Waals surface area (Å²) in [5.41, 5.74) is 2.77. The lowest BCUT2D eigenvalue weighted by atomic mass is 10.2. The Labute approximate surface area is 178 Å². The number of piperazine rings is 1. The number of nitro groups is 1. The van der Waals surface area contributed by atoms with E-state index >= 15 is 0 Å². The van der Waals surface area contributed by atoms with Crippen molar-refractivity contribution in [3.63, 3.8) is 0 Å². The monoisotopic (exact) mass is 425 g/mol. The highest BCUT2D eigenvalue weighted by Crippen LogP contribution is 2.26. The minimum Gasteiger partial charge on any atom is -0.368 e. The first-order chi connectivity index (χ1) is 14.5. The van der Waals surface area contributed by atoms with Crippen LogP contribution in [-0.4, -0.2) is 51.7 Å². The molecule has 154 valence electrons. The van der Waals surface area contributed by atoms with E-state index in [4.69, 9.17) is 11.6 Å². The first kappa shape index (κ1) is 19.9. The van der Waals surface area contributed by atoms with Gasteiger partial charge in [-0.3, -0.25) is 14.9 Å². The Bertz CT molecular complexity index is 1070. The summed E-state index contributed by atoms with van der Waals surface area (Å²) in [7, 11) is 0. The molecule has 1 aliphatic heterocycles. The standard InChI is InChI=1S/C21H20ClN5O3/c1-15-19(20(22)26(23-15)17-5-3-2-4-6-17)21(28)25-13-11-24(12-14-25)16-7-9-18(10-8-16)27(29)30/h2-10H,11-14H2,1H3. The lowest BCUT2D eigenvalue weighted by Gasteiger charge is -2.36.